The predicted octanol–water partition coefficient (Wildman–Crippen LogP) is 6.85. The number of halogens is 6. The van der Waals surface area contributed by atoms with E-state index in [0.29, 0.717) is 21.5 Å². The minimum atomic E-state index is -2.33. The van der Waals surface area contributed by atoms with Crippen LogP contribution in [0.1, 0.15) is 23.6 Å². The van der Waals surface area contributed by atoms with Gasteiger partial charge in [0, 0.05) is 4.47 Å². The molecule has 0 bridgehead atoms. The summed E-state index contributed by atoms with van der Waals surface area (Å²) in [7, 11) is 1.43. The Morgan fingerprint density at radius 2 is 1.51 bits per heavy atom. The predicted molar refractivity (Wildman–Crippen MR) is 131 cm³/mol. The van der Waals surface area contributed by atoms with Crippen LogP contribution in [0.25, 0.3) is 6.08 Å². The summed E-state index contributed by atoms with van der Waals surface area (Å²) in [6.45, 7) is 3.60. The summed E-state index contributed by atoms with van der Waals surface area (Å²) in [5.41, 5.74) is 0.879. The maximum absolute atomic E-state index is 14.3. The van der Waals surface area contributed by atoms with Crippen molar-refractivity contribution in [3.05, 3.63) is 92.2 Å². The van der Waals surface area contributed by atoms with E-state index in [-0.39, 0.29) is 22.9 Å². The lowest BCUT2D eigenvalue weighted by atomic mass is 10.1. The Labute approximate surface area is 216 Å². The number of carbonyl (C=O) groups is 1. The van der Waals surface area contributed by atoms with E-state index in [2.05, 4.69) is 21.0 Å². The Bertz CT molecular complexity index is 1440. The van der Waals surface area contributed by atoms with E-state index in [4.69, 9.17) is 9.47 Å². The van der Waals surface area contributed by atoms with Gasteiger partial charge in [0.05, 0.1) is 18.4 Å². The second kappa shape index (κ2) is 10.3. The molecule has 0 N–H and O–H groups in total. The molecule has 3 aromatic carbocycles. The molecule has 5 nitrogen and oxygen atoms in total. The van der Waals surface area contributed by atoms with Crippen LogP contribution in [0.15, 0.2) is 51.5 Å². The molecule has 0 unspecified atom stereocenters. The highest BCUT2D eigenvalue weighted by molar-refractivity contribution is 9.10. The lowest BCUT2D eigenvalue weighted by molar-refractivity contribution is -0.114. The van der Waals surface area contributed by atoms with Gasteiger partial charge >= 0.3 is 0 Å². The maximum atomic E-state index is 14.3. The van der Waals surface area contributed by atoms with Gasteiger partial charge in [-0.15, -0.1) is 0 Å². The third kappa shape index (κ3) is 4.95. The Morgan fingerprint density at radius 1 is 0.919 bits per heavy atom. The van der Waals surface area contributed by atoms with Gasteiger partial charge in [0.2, 0.25) is 5.82 Å². The molecular weight excluding hydrogens is 563 g/mol. The Kier molecular flexibility index (Phi) is 7.35. The van der Waals surface area contributed by atoms with E-state index in [9.17, 15) is 26.7 Å². The highest BCUT2D eigenvalue weighted by Crippen LogP contribution is 2.37. The van der Waals surface area contributed by atoms with Crippen LogP contribution in [0, 0.1) is 36.0 Å². The third-order valence-electron chi connectivity index (χ3n) is 5.56. The zero-order valence-corrected chi connectivity index (χ0v) is 21.2. The molecule has 0 aliphatic carbocycles. The van der Waals surface area contributed by atoms with Crippen LogP contribution in [-0.4, -0.2) is 18.7 Å². The van der Waals surface area contributed by atoms with Gasteiger partial charge in [0.1, 0.15) is 12.3 Å². The van der Waals surface area contributed by atoms with Crippen LogP contribution < -0.4 is 14.5 Å². The number of hydrazone groups is 1. The molecule has 0 aromatic heterocycles. The van der Waals surface area contributed by atoms with Gasteiger partial charge in [-0.05, 0) is 43.2 Å². The number of methoxy groups -OCH3 is 1. The summed E-state index contributed by atoms with van der Waals surface area (Å²) in [5, 5.41) is 3.89. The Balaban J connectivity index is 1.66. The zero-order valence-electron chi connectivity index (χ0n) is 19.6. The van der Waals surface area contributed by atoms with E-state index in [1.165, 1.54) is 20.1 Å². The van der Waals surface area contributed by atoms with E-state index in [1.807, 2.05) is 31.2 Å². The number of anilines is 1. The quantitative estimate of drug-likeness (QED) is 0.139. The highest BCUT2D eigenvalue weighted by Gasteiger charge is 2.37. The number of amides is 1. The fraction of sp³-hybridized carbons (Fsp3) is 0.154. The first-order valence-corrected chi connectivity index (χ1v) is 11.5. The molecule has 11 heteroatoms. The van der Waals surface area contributed by atoms with Crippen molar-refractivity contribution in [1.82, 2.24) is 0 Å². The summed E-state index contributed by atoms with van der Waals surface area (Å²) in [5.74, 6) is -11.4. The summed E-state index contributed by atoms with van der Waals surface area (Å²) < 4.78 is 81.2. The number of rotatable bonds is 6. The smallest absolute Gasteiger partial charge is 0.280 e. The molecule has 1 amide bonds. The number of aryl methyl sites for hydroxylation is 1. The van der Waals surface area contributed by atoms with Crippen molar-refractivity contribution in [3.63, 3.8) is 0 Å². The average Bonchev–Trinajstić information content (AvgIpc) is 3.15. The van der Waals surface area contributed by atoms with Crippen molar-refractivity contribution in [1.29, 1.82) is 0 Å². The first kappa shape index (κ1) is 26.3. The third-order valence-corrected chi connectivity index (χ3v) is 6.25. The molecule has 0 fully saturated rings. The lowest BCUT2D eigenvalue weighted by Gasteiger charge is -2.15. The normalized spacial score (nSPS) is 14.4. The molecule has 1 aliphatic rings. The zero-order chi connectivity index (χ0) is 27.0. The fourth-order valence-electron chi connectivity index (χ4n) is 3.55. The fourth-order valence-corrected chi connectivity index (χ4v) is 3.99. The second-order valence-corrected chi connectivity index (χ2v) is 8.93. The first-order valence-electron chi connectivity index (χ1n) is 10.7. The molecule has 3 aromatic rings. The van der Waals surface area contributed by atoms with Crippen molar-refractivity contribution < 1.29 is 36.2 Å². The summed E-state index contributed by atoms with van der Waals surface area (Å²) in [6.07, 6.45) is 1.35. The molecule has 0 spiro atoms. The van der Waals surface area contributed by atoms with Crippen LogP contribution in [0.2, 0.25) is 0 Å². The largest absolute Gasteiger partial charge is 0.493 e. The molecule has 4 rings (SSSR count). The molecule has 0 saturated heterocycles. The lowest BCUT2D eigenvalue weighted by Crippen LogP contribution is -2.25. The molecular formula is C26H18BrF5N2O3. The molecule has 0 atom stereocenters. The first-order chi connectivity index (χ1) is 17.5. The van der Waals surface area contributed by atoms with E-state index in [1.54, 1.807) is 12.1 Å². The van der Waals surface area contributed by atoms with Crippen molar-refractivity contribution in [3.8, 4) is 11.5 Å². The van der Waals surface area contributed by atoms with E-state index in [0.717, 1.165) is 11.1 Å². The van der Waals surface area contributed by atoms with Gasteiger partial charge in [-0.25, -0.2) is 22.0 Å². The van der Waals surface area contributed by atoms with Gasteiger partial charge < -0.3 is 9.47 Å². The van der Waals surface area contributed by atoms with E-state index < -0.39 is 40.7 Å². The molecule has 0 radical (unpaired) electrons. The monoisotopic (exact) mass is 580 g/mol. The van der Waals surface area contributed by atoms with Crippen molar-refractivity contribution in [2.75, 3.05) is 12.1 Å². The van der Waals surface area contributed by atoms with Crippen LogP contribution in [0.3, 0.4) is 0 Å². The average molecular weight is 581 g/mol. The minimum Gasteiger partial charge on any atom is -0.493 e. The maximum Gasteiger partial charge on any atom is 0.280 e. The van der Waals surface area contributed by atoms with Crippen LogP contribution in [0.5, 0.6) is 11.5 Å². The number of ether oxygens (including phenoxy) is 2. The second-order valence-electron chi connectivity index (χ2n) is 8.08. The number of carbonyl (C=O) groups excluding carboxylic acids is 1. The van der Waals surface area contributed by atoms with Crippen LogP contribution in [0.4, 0.5) is 27.6 Å². The Hall–Kier alpha value is -3.73. The van der Waals surface area contributed by atoms with Gasteiger partial charge in [0.25, 0.3) is 5.91 Å². The van der Waals surface area contributed by atoms with Crippen molar-refractivity contribution in [2.24, 2.45) is 5.10 Å². The topological polar surface area (TPSA) is 51.1 Å². The molecule has 192 valence electrons. The minimum absolute atomic E-state index is 0.000458. The molecule has 1 aliphatic heterocycles. The van der Waals surface area contributed by atoms with E-state index >= 15 is 0 Å². The Morgan fingerprint density at radius 3 is 2.11 bits per heavy atom. The molecule has 1 heterocycles. The molecule has 0 saturated carbocycles. The number of benzene rings is 3. The SMILES string of the molecule is COc1cc(/C=C2/C(=O)N(c3c(F)c(F)c(F)c(F)c3F)N=C2C)c(Br)cc1OCc1ccc(C)cc1. The van der Waals surface area contributed by atoms with Crippen molar-refractivity contribution in [2.45, 2.75) is 20.5 Å². The summed E-state index contributed by atoms with van der Waals surface area (Å²) in [6, 6.07) is 11.0. The number of nitrogens with zero attached hydrogens (tertiary/aromatic N) is 2. The van der Waals surface area contributed by atoms with Gasteiger partial charge in [-0.1, -0.05) is 45.8 Å². The number of hydrogen-bond acceptors (Lipinski definition) is 4. The van der Waals surface area contributed by atoms with Crippen LogP contribution in [-0.2, 0) is 11.4 Å². The van der Waals surface area contributed by atoms with Crippen LogP contribution >= 0.6 is 15.9 Å². The van der Waals surface area contributed by atoms with Gasteiger partial charge in [-0.3, -0.25) is 4.79 Å². The van der Waals surface area contributed by atoms with Gasteiger partial charge in [-0.2, -0.15) is 10.1 Å². The summed E-state index contributed by atoms with van der Waals surface area (Å²) >= 11 is 3.40. The van der Waals surface area contributed by atoms with Gasteiger partial charge in [0.15, 0.2) is 34.8 Å². The number of hydrogen-bond donors (Lipinski definition) is 0. The summed E-state index contributed by atoms with van der Waals surface area (Å²) in [4.78, 5) is 12.9. The highest BCUT2D eigenvalue weighted by atomic mass is 79.9. The molecule has 37 heavy (non-hydrogen) atoms. The standard InChI is InChI=1S/C26H18BrF5N2O3/c1-12-4-6-14(7-5-12)11-37-19-10-17(27)15(9-18(19)36-3)8-16-13(2)33-34(26(16)35)25-23(31)21(29)20(28)22(30)24(25)32/h4-10H,11H2,1-3H3/b16-8+. The van der Waals surface area contributed by atoms with Crippen molar-refractivity contribution >= 4 is 39.3 Å².